The van der Waals surface area contributed by atoms with E-state index in [2.05, 4.69) is 0 Å². The predicted octanol–water partition coefficient (Wildman–Crippen LogP) is -0.797. The first kappa shape index (κ1) is 8.82. The zero-order valence-corrected chi connectivity index (χ0v) is 3.12. The molecule has 0 aromatic heterocycles. The summed E-state index contributed by atoms with van der Waals surface area (Å²) in [4.78, 5) is 17.2. The van der Waals surface area contributed by atoms with E-state index < -0.39 is 0 Å². The Balaban J connectivity index is 0. The summed E-state index contributed by atoms with van der Waals surface area (Å²) in [5, 5.41) is 0. The van der Waals surface area contributed by atoms with E-state index in [0.717, 1.165) is 11.9 Å². The number of hydrogen-bond donors (Lipinski definition) is 0. The van der Waals surface area contributed by atoms with Gasteiger partial charge in [0.25, 0.3) is 0 Å². The van der Waals surface area contributed by atoms with Crippen molar-refractivity contribution in [3.8, 4) is 0 Å². The normalized spacial score (nSPS) is 2.40. The second-order valence-corrected chi connectivity index (χ2v) is 0.204. The molecule has 0 spiro atoms. The maximum atomic E-state index is 8.62. The van der Waals surface area contributed by atoms with Crippen LogP contribution in [0, 0.1) is 0 Å². The van der Waals surface area contributed by atoms with Crippen LogP contribution in [0.2, 0.25) is 0 Å². The molecule has 0 aliphatic heterocycles. The molecular formula is C2NiO2. The smallest absolute Gasteiger partial charge is 0.221 e. The molecule has 0 aromatic rings. The van der Waals surface area contributed by atoms with E-state index in [0.29, 0.717) is 0 Å². The summed E-state index contributed by atoms with van der Waals surface area (Å²) in [6.45, 7) is 0. The summed E-state index contributed by atoms with van der Waals surface area (Å²) < 4.78 is 0. The van der Waals surface area contributed by atoms with Gasteiger partial charge in [-0.05, 0) is 0 Å². The summed E-state index contributed by atoms with van der Waals surface area (Å²) in [6, 6.07) is 0. The Kier molecular flexibility index (Phi) is 16.6. The summed E-state index contributed by atoms with van der Waals surface area (Å²) >= 11 is 0. The van der Waals surface area contributed by atoms with Gasteiger partial charge in [0, 0.05) is 16.5 Å². The molecule has 0 amide bonds. The fourth-order valence-corrected chi connectivity index (χ4v) is 0. The molecule has 0 saturated heterocycles. The van der Waals surface area contributed by atoms with Gasteiger partial charge >= 0.3 is 0 Å². The molecule has 0 atom stereocenters. The van der Waals surface area contributed by atoms with E-state index in [1.54, 1.807) is 0 Å². The van der Waals surface area contributed by atoms with Crippen LogP contribution >= 0.6 is 0 Å². The van der Waals surface area contributed by atoms with E-state index in [1.807, 2.05) is 0 Å². The number of rotatable bonds is 0. The van der Waals surface area contributed by atoms with Crippen LogP contribution in [-0.2, 0) is 26.1 Å². The van der Waals surface area contributed by atoms with Gasteiger partial charge in [-0.2, -0.15) is 0 Å². The minimum atomic E-state index is 0. The van der Waals surface area contributed by atoms with Crippen molar-refractivity contribution in [3.05, 3.63) is 0 Å². The van der Waals surface area contributed by atoms with Crippen LogP contribution in [0.3, 0.4) is 0 Å². The molecule has 0 saturated carbocycles. The molecule has 0 aliphatic rings. The Bertz CT molecular complexity index is 57.7. The molecule has 0 N–H and O–H groups in total. The van der Waals surface area contributed by atoms with Gasteiger partial charge in [-0.15, -0.1) is 0 Å². The van der Waals surface area contributed by atoms with Crippen LogP contribution in [-0.4, -0.2) is 11.9 Å². The van der Waals surface area contributed by atoms with E-state index in [-0.39, 0.29) is 16.5 Å². The third-order valence-corrected chi connectivity index (χ3v) is 0.0417. The first-order valence-electron chi connectivity index (χ1n) is 0.658. The van der Waals surface area contributed by atoms with Crippen LogP contribution in [0.4, 0.5) is 0 Å². The second-order valence-electron chi connectivity index (χ2n) is 0.204. The third kappa shape index (κ3) is 23.4. The summed E-state index contributed by atoms with van der Waals surface area (Å²) in [7, 11) is 0. The predicted molar refractivity (Wildman–Crippen MR) is 11.4 cm³/mol. The molecule has 30 valence electrons. The van der Waals surface area contributed by atoms with Gasteiger partial charge in [0.05, 0.1) is 0 Å². The number of carbonyl (C=O) groups excluding carboxylic acids is 2. The van der Waals surface area contributed by atoms with Crippen molar-refractivity contribution in [1.29, 1.82) is 0 Å². The SMILES string of the molecule is O=C=C=O.[Ni]. The van der Waals surface area contributed by atoms with E-state index >= 15 is 0 Å². The Morgan fingerprint density at radius 2 is 1.20 bits per heavy atom. The zero-order chi connectivity index (χ0) is 3.41. The minimum Gasteiger partial charge on any atom is -0.221 e. The average molecular weight is 115 g/mol. The molecule has 3 heteroatoms. The van der Waals surface area contributed by atoms with Crippen molar-refractivity contribution in [2.75, 3.05) is 0 Å². The Morgan fingerprint density at radius 3 is 1.20 bits per heavy atom. The molecule has 0 heterocycles. The van der Waals surface area contributed by atoms with Crippen molar-refractivity contribution < 1.29 is 26.1 Å². The maximum absolute atomic E-state index is 8.62. The van der Waals surface area contributed by atoms with E-state index in [4.69, 9.17) is 9.59 Å². The molecule has 0 fully saturated rings. The van der Waals surface area contributed by atoms with Gasteiger partial charge in [0.2, 0.25) is 11.9 Å². The molecule has 0 aliphatic carbocycles. The van der Waals surface area contributed by atoms with Gasteiger partial charge in [0.15, 0.2) is 0 Å². The molecule has 0 unspecified atom stereocenters. The molecule has 0 rings (SSSR count). The van der Waals surface area contributed by atoms with Crippen LogP contribution < -0.4 is 0 Å². The fourth-order valence-electron chi connectivity index (χ4n) is 0. The molecule has 0 aromatic carbocycles. The average Bonchev–Trinajstić information content (AvgIpc) is 1.37. The van der Waals surface area contributed by atoms with Gasteiger partial charge in [-0.1, -0.05) is 0 Å². The minimum absolute atomic E-state index is 0. The molecule has 0 radical (unpaired) electrons. The first-order valence-corrected chi connectivity index (χ1v) is 0.658. The number of hydrogen-bond acceptors (Lipinski definition) is 2. The van der Waals surface area contributed by atoms with E-state index in [1.165, 1.54) is 0 Å². The van der Waals surface area contributed by atoms with Crippen molar-refractivity contribution in [1.82, 2.24) is 0 Å². The Labute approximate surface area is 38.8 Å². The topological polar surface area (TPSA) is 34.1 Å². The summed E-state index contributed by atoms with van der Waals surface area (Å²) in [6.07, 6.45) is 0. The Morgan fingerprint density at radius 1 is 1.00 bits per heavy atom. The Hall–Kier alpha value is -0.346. The van der Waals surface area contributed by atoms with Gasteiger partial charge in [-0.25, -0.2) is 9.59 Å². The van der Waals surface area contributed by atoms with Crippen molar-refractivity contribution >= 4 is 11.9 Å². The third-order valence-electron chi connectivity index (χ3n) is 0.0417. The van der Waals surface area contributed by atoms with Crippen LogP contribution in [0.15, 0.2) is 0 Å². The second kappa shape index (κ2) is 9.41. The van der Waals surface area contributed by atoms with Crippen LogP contribution in [0.1, 0.15) is 0 Å². The standard InChI is InChI=1S/C2O2.Ni/c3-1-2-4;. The summed E-state index contributed by atoms with van der Waals surface area (Å²) in [5.74, 6) is 1.75. The fraction of sp³-hybridized carbons (Fsp3) is 0. The van der Waals surface area contributed by atoms with Crippen LogP contribution in [0.5, 0.6) is 0 Å². The van der Waals surface area contributed by atoms with Crippen molar-refractivity contribution in [2.24, 2.45) is 0 Å². The largest absolute Gasteiger partial charge is 0.221 e. The summed E-state index contributed by atoms with van der Waals surface area (Å²) in [5.41, 5.74) is 0. The first-order chi connectivity index (χ1) is 1.91. The molecule has 5 heavy (non-hydrogen) atoms. The van der Waals surface area contributed by atoms with E-state index in [9.17, 15) is 0 Å². The van der Waals surface area contributed by atoms with Crippen LogP contribution in [0.25, 0.3) is 0 Å². The van der Waals surface area contributed by atoms with Gasteiger partial charge < -0.3 is 0 Å². The molecule has 2 nitrogen and oxygen atoms in total. The quantitative estimate of drug-likeness (QED) is 0.306. The zero-order valence-electron chi connectivity index (χ0n) is 2.13. The van der Waals surface area contributed by atoms with Gasteiger partial charge in [-0.3, -0.25) is 0 Å². The maximum Gasteiger partial charge on any atom is 0.221 e. The van der Waals surface area contributed by atoms with Gasteiger partial charge in [0.1, 0.15) is 0 Å². The monoisotopic (exact) mass is 114 g/mol. The van der Waals surface area contributed by atoms with Crippen molar-refractivity contribution in [3.63, 3.8) is 0 Å². The molecular weight excluding hydrogens is 115 g/mol. The molecule has 0 bridgehead atoms. The van der Waals surface area contributed by atoms with Crippen molar-refractivity contribution in [2.45, 2.75) is 0 Å².